The fourth-order valence-electron chi connectivity index (χ4n) is 1.59. The molecule has 0 saturated heterocycles. The van der Waals surface area contributed by atoms with E-state index in [-0.39, 0.29) is 5.91 Å². The van der Waals surface area contributed by atoms with Crippen molar-refractivity contribution in [1.82, 2.24) is 15.3 Å². The van der Waals surface area contributed by atoms with E-state index in [2.05, 4.69) is 27.2 Å². The highest BCUT2D eigenvalue weighted by Gasteiger charge is 2.07. The molecule has 1 amide bonds. The minimum atomic E-state index is -0.251. The van der Waals surface area contributed by atoms with Crippen LogP contribution in [-0.4, -0.2) is 22.4 Å². The van der Waals surface area contributed by atoms with Gasteiger partial charge in [0.15, 0.2) is 0 Å². The molecule has 5 heteroatoms. The molecular formula is C15H16N4O. The molecule has 0 aliphatic rings. The van der Waals surface area contributed by atoms with Crippen LogP contribution in [0.5, 0.6) is 0 Å². The van der Waals surface area contributed by atoms with Crippen LogP contribution < -0.4 is 10.6 Å². The zero-order chi connectivity index (χ0) is 14.4. The molecular weight excluding hydrogens is 252 g/mol. The minimum Gasteiger partial charge on any atom is -0.347 e. The summed E-state index contributed by atoms with van der Waals surface area (Å²) in [6, 6.07) is 9.52. The molecule has 0 aliphatic carbocycles. The van der Waals surface area contributed by atoms with E-state index in [0.29, 0.717) is 18.1 Å². The molecule has 0 radical (unpaired) electrons. The lowest BCUT2D eigenvalue weighted by molar-refractivity contribution is 0.0953. The van der Waals surface area contributed by atoms with Crippen LogP contribution in [0, 0.1) is 6.92 Å². The van der Waals surface area contributed by atoms with Gasteiger partial charge in [0, 0.05) is 18.3 Å². The summed E-state index contributed by atoms with van der Waals surface area (Å²) in [5, 5.41) is 5.80. The maximum atomic E-state index is 11.8. The van der Waals surface area contributed by atoms with Crippen molar-refractivity contribution < 1.29 is 4.79 Å². The van der Waals surface area contributed by atoms with Crippen LogP contribution in [0.4, 0.5) is 11.5 Å². The van der Waals surface area contributed by atoms with Crippen LogP contribution in [0.15, 0.2) is 49.3 Å². The van der Waals surface area contributed by atoms with Crippen molar-refractivity contribution in [3.8, 4) is 0 Å². The summed E-state index contributed by atoms with van der Waals surface area (Å²) in [6.07, 6.45) is 2.98. The summed E-state index contributed by atoms with van der Waals surface area (Å²) in [5.74, 6) is 0.326. The SMILES string of the molecule is C=CCNC(=O)c1cc(Nc2ccc(C)cc2)ncn1. The highest BCUT2D eigenvalue weighted by atomic mass is 16.1. The fourth-order valence-corrected chi connectivity index (χ4v) is 1.59. The Morgan fingerprint density at radius 1 is 1.30 bits per heavy atom. The van der Waals surface area contributed by atoms with Crippen molar-refractivity contribution in [3.63, 3.8) is 0 Å². The topological polar surface area (TPSA) is 66.9 Å². The van der Waals surface area contributed by atoms with Crippen LogP contribution in [-0.2, 0) is 0 Å². The molecule has 2 rings (SSSR count). The van der Waals surface area contributed by atoms with E-state index in [0.717, 1.165) is 5.69 Å². The first kappa shape index (κ1) is 13.7. The first-order valence-electron chi connectivity index (χ1n) is 6.24. The molecule has 0 unspecified atom stereocenters. The zero-order valence-electron chi connectivity index (χ0n) is 11.3. The molecule has 0 atom stereocenters. The number of nitrogens with one attached hydrogen (secondary N) is 2. The summed E-state index contributed by atoms with van der Waals surface area (Å²) in [4.78, 5) is 19.8. The number of aryl methyl sites for hydroxylation is 1. The van der Waals surface area contributed by atoms with Crippen molar-refractivity contribution in [2.45, 2.75) is 6.92 Å². The van der Waals surface area contributed by atoms with Crippen molar-refractivity contribution in [2.24, 2.45) is 0 Å². The maximum Gasteiger partial charge on any atom is 0.270 e. The Labute approximate surface area is 117 Å². The van der Waals surface area contributed by atoms with Crippen molar-refractivity contribution in [3.05, 3.63) is 60.6 Å². The van der Waals surface area contributed by atoms with Gasteiger partial charge in [-0.3, -0.25) is 4.79 Å². The van der Waals surface area contributed by atoms with Gasteiger partial charge in [-0.15, -0.1) is 6.58 Å². The van der Waals surface area contributed by atoms with Gasteiger partial charge in [0.05, 0.1) is 0 Å². The van der Waals surface area contributed by atoms with Gasteiger partial charge in [0.25, 0.3) is 5.91 Å². The van der Waals surface area contributed by atoms with Gasteiger partial charge in [0.2, 0.25) is 0 Å². The van der Waals surface area contributed by atoms with Gasteiger partial charge in [-0.1, -0.05) is 23.8 Å². The van der Waals surface area contributed by atoms with Crippen LogP contribution in [0.3, 0.4) is 0 Å². The Balaban J connectivity index is 2.11. The smallest absolute Gasteiger partial charge is 0.270 e. The predicted octanol–water partition coefficient (Wildman–Crippen LogP) is 2.44. The molecule has 5 nitrogen and oxygen atoms in total. The number of anilines is 2. The Morgan fingerprint density at radius 3 is 2.75 bits per heavy atom. The molecule has 0 bridgehead atoms. The third kappa shape index (κ3) is 3.65. The number of hydrogen-bond acceptors (Lipinski definition) is 4. The number of hydrogen-bond donors (Lipinski definition) is 2. The molecule has 0 saturated carbocycles. The average Bonchev–Trinajstić information content (AvgIpc) is 2.47. The summed E-state index contributed by atoms with van der Waals surface area (Å²) >= 11 is 0. The Kier molecular flexibility index (Phi) is 4.44. The highest BCUT2D eigenvalue weighted by Crippen LogP contribution is 2.15. The number of benzene rings is 1. The lowest BCUT2D eigenvalue weighted by atomic mass is 10.2. The van der Waals surface area contributed by atoms with Gasteiger partial charge >= 0.3 is 0 Å². The molecule has 0 fully saturated rings. The molecule has 102 valence electrons. The Morgan fingerprint density at radius 2 is 2.05 bits per heavy atom. The van der Waals surface area contributed by atoms with Gasteiger partial charge in [-0.25, -0.2) is 9.97 Å². The lowest BCUT2D eigenvalue weighted by Crippen LogP contribution is -2.24. The van der Waals surface area contributed by atoms with Crippen molar-refractivity contribution in [1.29, 1.82) is 0 Å². The molecule has 0 spiro atoms. The quantitative estimate of drug-likeness (QED) is 0.817. The van der Waals surface area contributed by atoms with E-state index < -0.39 is 0 Å². The number of rotatable bonds is 5. The number of nitrogens with zero attached hydrogens (tertiary/aromatic N) is 2. The number of aromatic nitrogens is 2. The van der Waals surface area contributed by atoms with Crippen LogP contribution in [0.25, 0.3) is 0 Å². The summed E-state index contributed by atoms with van der Waals surface area (Å²) in [6.45, 7) is 5.98. The molecule has 1 heterocycles. The standard InChI is InChI=1S/C15H16N4O/c1-3-8-16-15(20)13-9-14(18-10-17-13)19-12-6-4-11(2)5-7-12/h3-7,9-10H,1,8H2,2H3,(H,16,20)(H,17,18,19). The summed E-state index contributed by atoms with van der Waals surface area (Å²) in [5.41, 5.74) is 2.41. The van der Waals surface area contributed by atoms with Crippen LogP contribution in [0.1, 0.15) is 16.1 Å². The summed E-state index contributed by atoms with van der Waals surface area (Å²) in [7, 11) is 0. The lowest BCUT2D eigenvalue weighted by Gasteiger charge is -2.07. The fraction of sp³-hybridized carbons (Fsp3) is 0.133. The first-order chi connectivity index (χ1) is 9.69. The maximum absolute atomic E-state index is 11.8. The van der Waals surface area contributed by atoms with Crippen molar-refractivity contribution >= 4 is 17.4 Å². The second kappa shape index (κ2) is 6.47. The third-order valence-electron chi connectivity index (χ3n) is 2.63. The first-order valence-corrected chi connectivity index (χ1v) is 6.24. The Hall–Kier alpha value is -2.69. The minimum absolute atomic E-state index is 0.251. The van der Waals surface area contributed by atoms with Gasteiger partial charge < -0.3 is 10.6 Å². The van der Waals surface area contributed by atoms with Gasteiger partial charge in [0.1, 0.15) is 17.8 Å². The summed E-state index contributed by atoms with van der Waals surface area (Å²) < 4.78 is 0. The molecule has 2 aromatic rings. The predicted molar refractivity (Wildman–Crippen MR) is 79.0 cm³/mol. The van der Waals surface area contributed by atoms with E-state index in [1.165, 1.54) is 11.9 Å². The Bertz CT molecular complexity index is 608. The largest absolute Gasteiger partial charge is 0.347 e. The second-order valence-electron chi connectivity index (χ2n) is 4.28. The van der Waals surface area contributed by atoms with E-state index in [1.54, 1.807) is 12.1 Å². The van der Waals surface area contributed by atoms with Crippen LogP contribution >= 0.6 is 0 Å². The molecule has 1 aromatic heterocycles. The number of amides is 1. The monoisotopic (exact) mass is 268 g/mol. The average molecular weight is 268 g/mol. The molecule has 20 heavy (non-hydrogen) atoms. The van der Waals surface area contributed by atoms with E-state index in [1.807, 2.05) is 31.2 Å². The van der Waals surface area contributed by atoms with Gasteiger partial charge in [-0.05, 0) is 19.1 Å². The van der Waals surface area contributed by atoms with E-state index in [4.69, 9.17) is 0 Å². The number of carbonyl (C=O) groups is 1. The molecule has 0 aliphatic heterocycles. The normalized spacial score (nSPS) is 9.85. The van der Waals surface area contributed by atoms with Crippen LogP contribution in [0.2, 0.25) is 0 Å². The molecule has 2 N–H and O–H groups in total. The highest BCUT2D eigenvalue weighted by molar-refractivity contribution is 5.93. The van der Waals surface area contributed by atoms with Gasteiger partial charge in [-0.2, -0.15) is 0 Å². The second-order valence-corrected chi connectivity index (χ2v) is 4.28. The third-order valence-corrected chi connectivity index (χ3v) is 2.63. The van der Waals surface area contributed by atoms with Crippen molar-refractivity contribution in [2.75, 3.05) is 11.9 Å². The van der Waals surface area contributed by atoms with E-state index in [9.17, 15) is 4.79 Å². The van der Waals surface area contributed by atoms with E-state index >= 15 is 0 Å². The molecule has 1 aromatic carbocycles. The zero-order valence-corrected chi connectivity index (χ0v) is 11.3. The number of carbonyl (C=O) groups excluding carboxylic acids is 1.